The predicted octanol–water partition coefficient (Wildman–Crippen LogP) is 6.06. The summed E-state index contributed by atoms with van der Waals surface area (Å²) in [4.78, 5) is 34.5. The Morgan fingerprint density at radius 3 is 2.50 bits per heavy atom. The number of ether oxygens (including phenoxy) is 4. The summed E-state index contributed by atoms with van der Waals surface area (Å²) in [7, 11) is 4.59. The minimum absolute atomic E-state index is 0.0691. The number of unbranched alkanes of at least 4 members (excludes halogenated alkanes) is 1. The summed E-state index contributed by atoms with van der Waals surface area (Å²) >= 11 is 6.14. The van der Waals surface area contributed by atoms with Crippen molar-refractivity contribution in [1.82, 2.24) is 14.9 Å². The molecule has 0 radical (unpaired) electrons. The van der Waals surface area contributed by atoms with Crippen molar-refractivity contribution in [2.75, 3.05) is 33.2 Å². The maximum absolute atomic E-state index is 14.5. The van der Waals surface area contributed by atoms with Gasteiger partial charge in [0.05, 0.1) is 31.4 Å². The molecule has 0 unspecified atom stereocenters. The largest absolute Gasteiger partial charge is 0.493 e. The molecule has 0 amide bonds. The van der Waals surface area contributed by atoms with E-state index in [9.17, 15) is 14.0 Å². The highest BCUT2D eigenvalue weighted by Gasteiger charge is 2.21. The number of benzene rings is 2. The quantitative estimate of drug-likeness (QED) is 0.182. The molecule has 0 aliphatic rings. The summed E-state index contributed by atoms with van der Waals surface area (Å²) in [6, 6.07) is 5.74. The number of carbonyl (C=O) groups is 2. The van der Waals surface area contributed by atoms with Crippen LogP contribution in [-0.2, 0) is 25.6 Å². The van der Waals surface area contributed by atoms with Gasteiger partial charge in [0.2, 0.25) is 0 Å². The molecule has 3 aromatic rings. The first kappa shape index (κ1) is 32.8. The molecule has 0 bridgehead atoms. The van der Waals surface area contributed by atoms with Crippen LogP contribution in [0.1, 0.15) is 52.5 Å². The number of esters is 2. The number of fused-ring (bicyclic) bond motifs is 1. The topological polar surface area (TPSA) is 112 Å². The van der Waals surface area contributed by atoms with Crippen molar-refractivity contribution in [2.24, 2.45) is 0 Å². The van der Waals surface area contributed by atoms with Crippen LogP contribution < -0.4 is 14.8 Å². The number of aromatic nitrogens is 2. The van der Waals surface area contributed by atoms with Gasteiger partial charge >= 0.3 is 11.9 Å². The first-order valence-electron chi connectivity index (χ1n) is 13.5. The van der Waals surface area contributed by atoms with Crippen molar-refractivity contribution in [1.29, 1.82) is 0 Å². The molecule has 0 saturated heterocycles. The van der Waals surface area contributed by atoms with E-state index in [1.165, 1.54) is 32.7 Å². The summed E-state index contributed by atoms with van der Waals surface area (Å²) in [5.41, 5.74) is 1.13. The molecule has 0 saturated carbocycles. The lowest BCUT2D eigenvalue weighted by Gasteiger charge is -2.24. The van der Waals surface area contributed by atoms with Crippen LogP contribution in [0.5, 0.6) is 11.5 Å². The second-order valence-electron chi connectivity index (χ2n) is 10.8. The zero-order valence-corrected chi connectivity index (χ0v) is 25.8. The van der Waals surface area contributed by atoms with E-state index >= 15 is 0 Å². The molecule has 42 heavy (non-hydrogen) atoms. The molecule has 0 spiro atoms. The molecule has 0 aliphatic heterocycles. The average molecular weight is 605 g/mol. The van der Waals surface area contributed by atoms with Crippen LogP contribution >= 0.6 is 11.6 Å². The lowest BCUT2D eigenvalue weighted by atomic mass is 10.1. The Balaban J connectivity index is 1.83. The van der Waals surface area contributed by atoms with Crippen LogP contribution in [0.25, 0.3) is 10.9 Å². The normalized spacial score (nSPS) is 12.2. The van der Waals surface area contributed by atoms with Gasteiger partial charge in [0, 0.05) is 30.1 Å². The number of nitrogens with one attached hydrogen (secondary N) is 1. The molecule has 12 heteroatoms. The average Bonchev–Trinajstić information content (AvgIpc) is 2.93. The molecule has 3 rings (SSSR count). The standard InChI is InChI=1S/C30H38ClFN4O6/c1-18(29(38)40-7)36(5)16-19-12-22(32)21(31)14-23(19)35-28-20-13-26(25(39-6)15-24(20)33-17-34-28)41-11-9-8-10-27(37)42-30(2,3)4/h12-15,17-18H,8-11,16H2,1-7H3,(H,33,34,35)/t18-/m1/s1. The van der Waals surface area contributed by atoms with Crippen LogP contribution in [0.2, 0.25) is 5.02 Å². The number of halogens is 2. The third-order valence-electron chi connectivity index (χ3n) is 6.40. The fourth-order valence-electron chi connectivity index (χ4n) is 4.10. The second kappa shape index (κ2) is 14.5. The Kier molecular flexibility index (Phi) is 11.3. The summed E-state index contributed by atoms with van der Waals surface area (Å²) in [6.07, 6.45) is 2.94. The van der Waals surface area contributed by atoms with Crippen molar-refractivity contribution < 1.29 is 32.9 Å². The van der Waals surface area contributed by atoms with Gasteiger partial charge in [-0.15, -0.1) is 0 Å². The molecule has 1 atom stereocenters. The van der Waals surface area contributed by atoms with Crippen molar-refractivity contribution in [3.8, 4) is 11.5 Å². The molecule has 10 nitrogen and oxygen atoms in total. The second-order valence-corrected chi connectivity index (χ2v) is 11.2. The van der Waals surface area contributed by atoms with Gasteiger partial charge in [0.1, 0.15) is 29.6 Å². The van der Waals surface area contributed by atoms with Gasteiger partial charge in [-0.2, -0.15) is 0 Å². The van der Waals surface area contributed by atoms with Gasteiger partial charge < -0.3 is 24.3 Å². The highest BCUT2D eigenvalue weighted by Crippen LogP contribution is 2.36. The minimum Gasteiger partial charge on any atom is -0.493 e. The van der Waals surface area contributed by atoms with Crippen LogP contribution in [0.4, 0.5) is 15.9 Å². The lowest BCUT2D eigenvalue weighted by Crippen LogP contribution is -2.36. The number of likely N-dealkylation sites (N-methyl/N-ethyl adjacent to an activating group) is 1. The number of methoxy groups -OCH3 is 2. The van der Waals surface area contributed by atoms with E-state index in [4.69, 9.17) is 30.5 Å². The summed E-state index contributed by atoms with van der Waals surface area (Å²) in [5.74, 6) is 0.160. The van der Waals surface area contributed by atoms with E-state index in [0.29, 0.717) is 65.3 Å². The number of hydrogen-bond acceptors (Lipinski definition) is 10. The van der Waals surface area contributed by atoms with Gasteiger partial charge in [-0.1, -0.05) is 11.6 Å². The lowest BCUT2D eigenvalue weighted by molar-refractivity contribution is -0.155. The first-order valence-corrected chi connectivity index (χ1v) is 13.9. The maximum atomic E-state index is 14.5. The van der Waals surface area contributed by atoms with E-state index in [2.05, 4.69) is 15.3 Å². The van der Waals surface area contributed by atoms with Crippen LogP contribution in [0, 0.1) is 5.82 Å². The van der Waals surface area contributed by atoms with Crippen molar-refractivity contribution in [2.45, 2.75) is 65.1 Å². The third-order valence-corrected chi connectivity index (χ3v) is 6.69. The van der Waals surface area contributed by atoms with E-state index in [1.54, 1.807) is 31.0 Å². The Morgan fingerprint density at radius 2 is 1.83 bits per heavy atom. The minimum atomic E-state index is -0.587. The molecule has 1 N–H and O–H groups in total. The van der Waals surface area contributed by atoms with E-state index in [0.717, 1.165) is 0 Å². The summed E-state index contributed by atoms with van der Waals surface area (Å²) < 4.78 is 36.2. The van der Waals surface area contributed by atoms with Crippen molar-refractivity contribution in [3.63, 3.8) is 0 Å². The van der Waals surface area contributed by atoms with E-state index < -0.39 is 23.4 Å². The third kappa shape index (κ3) is 8.90. The molecular formula is C30H38ClFN4O6. The molecule has 2 aromatic carbocycles. The molecule has 0 aliphatic carbocycles. The zero-order chi connectivity index (χ0) is 31.0. The fourth-order valence-corrected chi connectivity index (χ4v) is 4.26. The molecule has 1 aromatic heterocycles. The van der Waals surface area contributed by atoms with Gasteiger partial charge in [-0.25, -0.2) is 14.4 Å². The predicted molar refractivity (Wildman–Crippen MR) is 159 cm³/mol. The fraction of sp³-hybridized carbons (Fsp3) is 0.467. The number of nitrogens with zero attached hydrogens (tertiary/aromatic N) is 3. The zero-order valence-electron chi connectivity index (χ0n) is 25.0. The number of carbonyl (C=O) groups excluding carboxylic acids is 2. The molecule has 1 heterocycles. The van der Waals surface area contributed by atoms with Crippen LogP contribution in [0.15, 0.2) is 30.6 Å². The molecular weight excluding hydrogens is 567 g/mol. The van der Waals surface area contributed by atoms with Crippen LogP contribution in [-0.4, -0.2) is 66.3 Å². The Hall–Kier alpha value is -3.70. The smallest absolute Gasteiger partial charge is 0.322 e. The van der Waals surface area contributed by atoms with Crippen molar-refractivity contribution >= 4 is 45.9 Å². The van der Waals surface area contributed by atoms with Crippen LogP contribution in [0.3, 0.4) is 0 Å². The summed E-state index contributed by atoms with van der Waals surface area (Å²) in [5, 5.41) is 3.81. The highest BCUT2D eigenvalue weighted by molar-refractivity contribution is 6.31. The van der Waals surface area contributed by atoms with E-state index in [1.807, 2.05) is 20.8 Å². The number of hydrogen-bond donors (Lipinski definition) is 1. The van der Waals surface area contributed by atoms with Gasteiger partial charge in [0.15, 0.2) is 11.5 Å². The summed E-state index contributed by atoms with van der Waals surface area (Å²) in [6.45, 7) is 7.79. The molecule has 0 fully saturated rings. The van der Waals surface area contributed by atoms with E-state index in [-0.39, 0.29) is 17.5 Å². The maximum Gasteiger partial charge on any atom is 0.322 e. The Morgan fingerprint density at radius 1 is 1.10 bits per heavy atom. The van der Waals surface area contributed by atoms with Gasteiger partial charge in [-0.3, -0.25) is 14.5 Å². The monoisotopic (exact) mass is 604 g/mol. The Bertz CT molecular complexity index is 1410. The number of rotatable bonds is 13. The number of anilines is 2. The SMILES string of the molecule is COC(=O)[C@@H](C)N(C)Cc1cc(F)c(Cl)cc1Nc1ncnc2cc(OC)c(OCCCCC(=O)OC(C)(C)C)cc12. The highest BCUT2D eigenvalue weighted by atomic mass is 35.5. The van der Waals surface area contributed by atoms with Gasteiger partial charge in [-0.05, 0) is 71.3 Å². The first-order chi connectivity index (χ1) is 19.8. The Labute approximate surface area is 250 Å². The molecule has 228 valence electrons. The van der Waals surface area contributed by atoms with Gasteiger partial charge in [0.25, 0.3) is 0 Å². The van der Waals surface area contributed by atoms with Crippen molar-refractivity contribution in [3.05, 3.63) is 47.0 Å².